The van der Waals surface area contributed by atoms with E-state index >= 15 is 0 Å². The predicted molar refractivity (Wildman–Crippen MR) is 121 cm³/mol. The van der Waals surface area contributed by atoms with Crippen LogP contribution in [0.25, 0.3) is 11.0 Å². The lowest BCUT2D eigenvalue weighted by molar-refractivity contribution is -0.113. The van der Waals surface area contributed by atoms with E-state index < -0.39 is 0 Å². The summed E-state index contributed by atoms with van der Waals surface area (Å²) in [5, 5.41) is 3.86. The fourth-order valence-electron chi connectivity index (χ4n) is 3.24. The zero-order chi connectivity index (χ0) is 20.5. The first-order chi connectivity index (χ1) is 14.2. The van der Waals surface area contributed by atoms with Crippen LogP contribution in [0.4, 0.5) is 5.69 Å². The number of nitrogens with zero attached hydrogens (tertiary/aromatic N) is 2. The Kier molecular flexibility index (Phi) is 7.99. The molecule has 29 heavy (non-hydrogen) atoms. The summed E-state index contributed by atoms with van der Waals surface area (Å²) in [4.78, 5) is 17.3. The summed E-state index contributed by atoms with van der Waals surface area (Å²) in [6, 6.07) is 15.7. The van der Waals surface area contributed by atoms with E-state index in [-0.39, 0.29) is 5.91 Å². The lowest BCUT2D eigenvalue weighted by Crippen LogP contribution is -2.15. The fraction of sp³-hybridized carbons (Fsp3) is 0.391. The lowest BCUT2D eigenvalue weighted by Gasteiger charge is -2.11. The molecule has 2 aromatic carbocycles. The number of aromatic nitrogens is 2. The van der Waals surface area contributed by atoms with E-state index in [4.69, 9.17) is 9.72 Å². The largest absolute Gasteiger partial charge is 0.492 e. The summed E-state index contributed by atoms with van der Waals surface area (Å²) in [7, 11) is 0. The number of fused-ring (bicyclic) bond motifs is 1. The molecular weight excluding hydrogens is 382 g/mol. The number of hydrogen-bond acceptors (Lipinski definition) is 4. The number of hydrogen-bond donors (Lipinski definition) is 1. The van der Waals surface area contributed by atoms with E-state index in [9.17, 15) is 4.79 Å². The molecule has 0 spiro atoms. The van der Waals surface area contributed by atoms with Crippen molar-refractivity contribution in [3.8, 4) is 5.75 Å². The number of unbranched alkanes of at least 4 members (excludes halogenated alkanes) is 3. The Bertz CT molecular complexity index is 939. The van der Waals surface area contributed by atoms with Gasteiger partial charge in [0.05, 0.1) is 29.1 Å². The van der Waals surface area contributed by atoms with Crippen molar-refractivity contribution < 1.29 is 9.53 Å². The third-order valence-electron chi connectivity index (χ3n) is 4.65. The molecule has 0 radical (unpaired) electrons. The maximum atomic E-state index is 12.5. The Morgan fingerprint density at radius 3 is 2.69 bits per heavy atom. The molecular formula is C23H29N3O2S. The van der Waals surface area contributed by atoms with Gasteiger partial charge in [0.1, 0.15) is 5.75 Å². The molecule has 0 saturated heterocycles. The normalized spacial score (nSPS) is 11.0. The van der Waals surface area contributed by atoms with Gasteiger partial charge in [-0.3, -0.25) is 4.79 Å². The van der Waals surface area contributed by atoms with Gasteiger partial charge >= 0.3 is 0 Å². The molecule has 1 heterocycles. The number of carbonyl (C=O) groups is 1. The van der Waals surface area contributed by atoms with Gasteiger partial charge in [0, 0.05) is 6.54 Å². The minimum absolute atomic E-state index is 0.0632. The minimum Gasteiger partial charge on any atom is -0.492 e. The van der Waals surface area contributed by atoms with Crippen LogP contribution < -0.4 is 10.1 Å². The van der Waals surface area contributed by atoms with Crippen molar-refractivity contribution >= 4 is 34.4 Å². The standard InChI is InChI=1S/C23H29N3O2S/c1-3-5-6-11-16-26-20-14-9-7-12-18(20)25-23(26)29-17-22(27)24-19-13-8-10-15-21(19)28-4-2/h7-10,12-15H,3-6,11,16-17H2,1-2H3,(H,24,27). The molecule has 0 atom stereocenters. The molecule has 1 N–H and O–H groups in total. The molecule has 6 heteroatoms. The highest BCUT2D eigenvalue weighted by Gasteiger charge is 2.14. The van der Waals surface area contributed by atoms with Crippen molar-refractivity contribution in [1.29, 1.82) is 0 Å². The van der Waals surface area contributed by atoms with Crippen LogP contribution in [0, 0.1) is 0 Å². The lowest BCUT2D eigenvalue weighted by atomic mass is 10.2. The van der Waals surface area contributed by atoms with Crippen LogP contribution in [0.15, 0.2) is 53.7 Å². The Balaban J connectivity index is 1.67. The van der Waals surface area contributed by atoms with Gasteiger partial charge in [0.15, 0.2) is 5.16 Å². The molecule has 1 amide bonds. The highest BCUT2D eigenvalue weighted by atomic mass is 32.2. The zero-order valence-corrected chi connectivity index (χ0v) is 18.0. The van der Waals surface area contributed by atoms with Crippen LogP contribution >= 0.6 is 11.8 Å². The number of para-hydroxylation sites is 4. The summed E-state index contributed by atoms with van der Waals surface area (Å²) in [5.74, 6) is 0.932. The van der Waals surface area contributed by atoms with Crippen LogP contribution in [0.1, 0.15) is 39.5 Å². The quantitative estimate of drug-likeness (QED) is 0.323. The number of benzene rings is 2. The summed E-state index contributed by atoms with van der Waals surface area (Å²) >= 11 is 1.48. The highest BCUT2D eigenvalue weighted by molar-refractivity contribution is 7.99. The SMILES string of the molecule is CCCCCCn1c(SCC(=O)Nc2ccccc2OCC)nc2ccccc21. The number of aryl methyl sites for hydroxylation is 1. The summed E-state index contributed by atoms with van der Waals surface area (Å²) in [6.07, 6.45) is 4.80. The van der Waals surface area contributed by atoms with Gasteiger partial charge in [-0.1, -0.05) is 62.2 Å². The summed E-state index contributed by atoms with van der Waals surface area (Å²) < 4.78 is 7.83. The van der Waals surface area contributed by atoms with Crippen molar-refractivity contribution in [2.45, 2.75) is 51.2 Å². The van der Waals surface area contributed by atoms with Crippen LogP contribution in [0.5, 0.6) is 5.75 Å². The average Bonchev–Trinajstić information content (AvgIpc) is 3.09. The van der Waals surface area contributed by atoms with Crippen molar-refractivity contribution in [3.05, 3.63) is 48.5 Å². The van der Waals surface area contributed by atoms with Crippen LogP contribution in [0.2, 0.25) is 0 Å². The molecule has 0 unspecified atom stereocenters. The number of amides is 1. The van der Waals surface area contributed by atoms with Gasteiger partial charge in [-0.05, 0) is 37.6 Å². The number of anilines is 1. The Hall–Kier alpha value is -2.47. The number of imidazole rings is 1. The molecule has 1 aromatic heterocycles. The third kappa shape index (κ3) is 5.76. The number of nitrogens with one attached hydrogen (secondary N) is 1. The molecule has 5 nitrogen and oxygen atoms in total. The Morgan fingerprint density at radius 2 is 1.86 bits per heavy atom. The Morgan fingerprint density at radius 1 is 1.07 bits per heavy atom. The maximum Gasteiger partial charge on any atom is 0.234 e. The first-order valence-corrected chi connectivity index (χ1v) is 11.3. The zero-order valence-electron chi connectivity index (χ0n) is 17.2. The topological polar surface area (TPSA) is 56.2 Å². The highest BCUT2D eigenvalue weighted by Crippen LogP contribution is 2.27. The van der Waals surface area contributed by atoms with E-state index in [1.54, 1.807) is 0 Å². The molecule has 0 bridgehead atoms. The minimum atomic E-state index is -0.0632. The molecule has 0 saturated carbocycles. The van der Waals surface area contributed by atoms with Crippen LogP contribution in [0.3, 0.4) is 0 Å². The van der Waals surface area contributed by atoms with Crippen molar-refractivity contribution in [2.24, 2.45) is 0 Å². The molecule has 0 fully saturated rings. The van der Waals surface area contributed by atoms with E-state index in [1.807, 2.05) is 49.4 Å². The maximum absolute atomic E-state index is 12.5. The molecule has 0 aliphatic heterocycles. The van der Waals surface area contributed by atoms with Gasteiger partial charge in [0.25, 0.3) is 0 Å². The third-order valence-corrected chi connectivity index (χ3v) is 5.62. The van der Waals surface area contributed by atoms with E-state index in [0.717, 1.165) is 29.2 Å². The van der Waals surface area contributed by atoms with E-state index in [0.29, 0.717) is 23.8 Å². The first kappa shape index (κ1) is 21.2. The number of thioether (sulfide) groups is 1. The van der Waals surface area contributed by atoms with Crippen molar-refractivity contribution in [3.63, 3.8) is 0 Å². The monoisotopic (exact) mass is 411 g/mol. The predicted octanol–water partition coefficient (Wildman–Crippen LogP) is 5.75. The first-order valence-electron chi connectivity index (χ1n) is 10.3. The molecule has 154 valence electrons. The number of ether oxygens (including phenoxy) is 1. The average molecular weight is 412 g/mol. The van der Waals surface area contributed by atoms with Gasteiger partial charge in [0.2, 0.25) is 5.91 Å². The van der Waals surface area contributed by atoms with Crippen molar-refractivity contribution in [1.82, 2.24) is 9.55 Å². The molecule has 0 aliphatic rings. The smallest absolute Gasteiger partial charge is 0.234 e. The van der Waals surface area contributed by atoms with Crippen LogP contribution in [-0.4, -0.2) is 27.8 Å². The molecule has 3 aromatic rings. The van der Waals surface area contributed by atoms with Crippen LogP contribution in [-0.2, 0) is 11.3 Å². The molecule has 3 rings (SSSR count). The summed E-state index contributed by atoms with van der Waals surface area (Å²) in [5.41, 5.74) is 2.81. The second-order valence-electron chi connectivity index (χ2n) is 6.86. The van der Waals surface area contributed by atoms with Gasteiger partial charge in [-0.2, -0.15) is 0 Å². The second kappa shape index (κ2) is 10.9. The van der Waals surface area contributed by atoms with E-state index in [2.05, 4.69) is 22.9 Å². The number of carbonyl (C=O) groups excluding carboxylic acids is 1. The van der Waals surface area contributed by atoms with E-state index in [1.165, 1.54) is 31.0 Å². The second-order valence-corrected chi connectivity index (χ2v) is 7.80. The number of rotatable bonds is 11. The van der Waals surface area contributed by atoms with Gasteiger partial charge in [-0.15, -0.1) is 0 Å². The van der Waals surface area contributed by atoms with Gasteiger partial charge < -0.3 is 14.6 Å². The van der Waals surface area contributed by atoms with Gasteiger partial charge in [-0.25, -0.2) is 4.98 Å². The fourth-order valence-corrected chi connectivity index (χ4v) is 4.08. The van der Waals surface area contributed by atoms with Crippen molar-refractivity contribution in [2.75, 3.05) is 17.7 Å². The Labute approximate surface area is 176 Å². The molecule has 0 aliphatic carbocycles. The summed E-state index contributed by atoms with van der Waals surface area (Å²) in [6.45, 7) is 5.64.